The van der Waals surface area contributed by atoms with Crippen LogP contribution >= 0.6 is 0 Å². The quantitative estimate of drug-likeness (QED) is 0.758. The molecule has 0 aromatic heterocycles. The molecule has 3 amide bonds. The maximum absolute atomic E-state index is 12.4. The second-order valence-electron chi connectivity index (χ2n) is 5.51. The van der Waals surface area contributed by atoms with Gasteiger partial charge < -0.3 is 4.90 Å². The van der Waals surface area contributed by atoms with Gasteiger partial charge in [0.2, 0.25) is 15.9 Å². The summed E-state index contributed by atoms with van der Waals surface area (Å²) in [5, 5.41) is 2.08. The number of piperazine rings is 1. The van der Waals surface area contributed by atoms with Crippen LogP contribution in [0.25, 0.3) is 0 Å². The number of carbonyl (C=O) groups excluding carboxylic acids is 2. The number of hydrogen-bond acceptors (Lipinski definition) is 5. The van der Waals surface area contributed by atoms with Gasteiger partial charge in [0, 0.05) is 31.9 Å². The fraction of sp³-hybridized carbons (Fsp3) is 0.429. The second-order valence-corrected chi connectivity index (χ2v) is 7.45. The van der Waals surface area contributed by atoms with E-state index in [9.17, 15) is 18.0 Å². The Kier molecular flexibility index (Phi) is 4.22. The minimum atomic E-state index is -3.61. The van der Waals surface area contributed by atoms with Crippen molar-refractivity contribution >= 4 is 27.6 Å². The zero-order valence-corrected chi connectivity index (χ0v) is 13.3. The van der Waals surface area contributed by atoms with Gasteiger partial charge in [-0.25, -0.2) is 13.2 Å². The topological polar surface area (TPSA) is 90.0 Å². The molecular weight excluding hydrogens is 320 g/mol. The Morgan fingerprint density at radius 1 is 1.00 bits per heavy atom. The Bertz CT molecular complexity index is 699. The molecule has 0 saturated carbocycles. The van der Waals surface area contributed by atoms with Gasteiger partial charge in [-0.1, -0.05) is 18.2 Å². The van der Waals surface area contributed by atoms with Crippen LogP contribution in [0.3, 0.4) is 0 Å². The van der Waals surface area contributed by atoms with E-state index in [0.29, 0.717) is 26.2 Å². The third kappa shape index (κ3) is 3.45. The highest BCUT2D eigenvalue weighted by atomic mass is 32.2. The molecule has 1 aromatic carbocycles. The number of sulfonamides is 1. The molecule has 0 unspecified atom stereocenters. The summed E-state index contributed by atoms with van der Waals surface area (Å²) < 4.78 is 26.2. The number of carbonyl (C=O) groups is 2. The van der Waals surface area contributed by atoms with Gasteiger partial charge >= 0.3 is 6.03 Å². The van der Waals surface area contributed by atoms with E-state index < -0.39 is 27.8 Å². The largest absolute Gasteiger partial charge is 0.369 e. The Balaban J connectivity index is 1.60. The highest BCUT2D eigenvalue weighted by Crippen LogP contribution is 2.17. The lowest BCUT2D eigenvalue weighted by molar-refractivity contribution is -0.118. The minimum absolute atomic E-state index is 0.206. The normalized spacial score (nSPS) is 20.0. The van der Waals surface area contributed by atoms with E-state index in [-0.39, 0.29) is 6.54 Å². The molecule has 1 aromatic rings. The summed E-state index contributed by atoms with van der Waals surface area (Å²) in [7, 11) is -3.61. The van der Waals surface area contributed by atoms with Crippen LogP contribution in [-0.2, 0) is 14.8 Å². The van der Waals surface area contributed by atoms with Crippen molar-refractivity contribution < 1.29 is 18.0 Å². The molecule has 2 aliphatic rings. The van der Waals surface area contributed by atoms with Crippen LogP contribution in [0.1, 0.15) is 0 Å². The summed E-state index contributed by atoms with van der Waals surface area (Å²) in [6, 6.07) is 9.16. The molecule has 23 heavy (non-hydrogen) atoms. The molecule has 1 N–H and O–H groups in total. The summed E-state index contributed by atoms with van der Waals surface area (Å²) >= 11 is 0. The fourth-order valence-corrected chi connectivity index (χ4v) is 4.21. The van der Waals surface area contributed by atoms with E-state index in [1.165, 1.54) is 4.31 Å². The number of nitrogens with zero attached hydrogens (tertiary/aromatic N) is 3. The molecule has 2 heterocycles. The van der Waals surface area contributed by atoms with Gasteiger partial charge in [0.15, 0.2) is 0 Å². The van der Waals surface area contributed by atoms with Crippen molar-refractivity contribution in [2.45, 2.75) is 0 Å². The number of para-hydroxylation sites is 1. The molecule has 9 heteroatoms. The third-order valence-electron chi connectivity index (χ3n) is 3.94. The zero-order valence-electron chi connectivity index (χ0n) is 12.5. The lowest BCUT2D eigenvalue weighted by Gasteiger charge is -2.35. The van der Waals surface area contributed by atoms with E-state index in [2.05, 4.69) is 10.2 Å². The molecule has 2 fully saturated rings. The second kappa shape index (κ2) is 6.17. The molecular formula is C14H18N4O4S. The van der Waals surface area contributed by atoms with Gasteiger partial charge in [0.05, 0.1) is 0 Å². The number of nitrogens with one attached hydrogen (secondary N) is 1. The van der Waals surface area contributed by atoms with Crippen LogP contribution in [0.15, 0.2) is 30.3 Å². The molecule has 3 rings (SSSR count). The van der Waals surface area contributed by atoms with Gasteiger partial charge in [0.25, 0.3) is 0 Å². The number of benzene rings is 1. The Morgan fingerprint density at radius 3 is 2.22 bits per heavy atom. The molecule has 0 atom stereocenters. The predicted molar refractivity (Wildman–Crippen MR) is 84.3 cm³/mol. The molecule has 8 nitrogen and oxygen atoms in total. The number of urea groups is 1. The van der Waals surface area contributed by atoms with Crippen molar-refractivity contribution in [3.63, 3.8) is 0 Å². The molecule has 0 aliphatic carbocycles. The Hall–Kier alpha value is -2.13. The number of imide groups is 1. The van der Waals surface area contributed by atoms with Crippen molar-refractivity contribution in [3.05, 3.63) is 30.3 Å². The molecule has 0 radical (unpaired) electrons. The first-order valence-corrected chi connectivity index (χ1v) is 8.93. The van der Waals surface area contributed by atoms with Crippen molar-refractivity contribution in [3.8, 4) is 0 Å². The molecule has 0 spiro atoms. The fourth-order valence-electron chi connectivity index (χ4n) is 2.73. The number of rotatable bonds is 4. The highest BCUT2D eigenvalue weighted by molar-refractivity contribution is 7.89. The first kappa shape index (κ1) is 15.8. The van der Waals surface area contributed by atoms with Gasteiger partial charge in [-0.2, -0.15) is 4.31 Å². The van der Waals surface area contributed by atoms with Crippen molar-refractivity contribution in [1.29, 1.82) is 0 Å². The van der Waals surface area contributed by atoms with Crippen molar-refractivity contribution in [2.75, 3.05) is 43.5 Å². The summed E-state index contributed by atoms with van der Waals surface area (Å²) in [6.45, 7) is 1.70. The molecule has 2 saturated heterocycles. The first-order chi connectivity index (χ1) is 11.0. The van der Waals surface area contributed by atoms with Crippen molar-refractivity contribution in [2.24, 2.45) is 0 Å². The molecule has 124 valence electrons. The Labute approximate surface area is 134 Å². The van der Waals surface area contributed by atoms with E-state index in [0.717, 1.165) is 10.6 Å². The van der Waals surface area contributed by atoms with Gasteiger partial charge in [-0.3, -0.25) is 15.0 Å². The van der Waals surface area contributed by atoms with Crippen LogP contribution < -0.4 is 10.2 Å². The summed E-state index contributed by atoms with van der Waals surface area (Å²) in [5.74, 6) is -0.935. The number of anilines is 1. The lowest BCUT2D eigenvalue weighted by atomic mass is 10.2. The average Bonchev–Trinajstić information content (AvgIpc) is 2.85. The SMILES string of the molecule is O=C1CN(CS(=O)(=O)N2CCN(c3ccccc3)CC2)C(=O)N1. The van der Waals surface area contributed by atoms with E-state index in [1.54, 1.807) is 0 Å². The average molecular weight is 338 g/mol. The van der Waals surface area contributed by atoms with Crippen LogP contribution in [0.2, 0.25) is 0 Å². The monoisotopic (exact) mass is 338 g/mol. The standard InChI is InChI=1S/C14H18N4O4S/c19-13-10-17(14(20)15-13)11-23(21,22)18-8-6-16(7-9-18)12-4-2-1-3-5-12/h1-5H,6-11H2,(H,15,19,20). The highest BCUT2D eigenvalue weighted by Gasteiger charge is 2.34. The summed E-state index contributed by atoms with van der Waals surface area (Å²) in [6.07, 6.45) is 0. The molecule has 0 bridgehead atoms. The third-order valence-corrected chi connectivity index (χ3v) is 5.73. The first-order valence-electron chi connectivity index (χ1n) is 7.32. The molecule has 2 aliphatic heterocycles. The predicted octanol–water partition coefficient (Wildman–Crippen LogP) is -0.352. The number of hydrogen-bond donors (Lipinski definition) is 1. The zero-order chi connectivity index (χ0) is 16.4. The maximum Gasteiger partial charge on any atom is 0.325 e. The van der Waals surface area contributed by atoms with Gasteiger partial charge in [0.1, 0.15) is 12.4 Å². The van der Waals surface area contributed by atoms with E-state index >= 15 is 0 Å². The maximum atomic E-state index is 12.4. The Morgan fingerprint density at radius 2 is 1.65 bits per heavy atom. The van der Waals surface area contributed by atoms with Crippen LogP contribution in [0.4, 0.5) is 10.5 Å². The van der Waals surface area contributed by atoms with Gasteiger partial charge in [-0.05, 0) is 12.1 Å². The van der Waals surface area contributed by atoms with Crippen LogP contribution in [0, 0.1) is 0 Å². The van der Waals surface area contributed by atoms with E-state index in [4.69, 9.17) is 0 Å². The number of amides is 3. The van der Waals surface area contributed by atoms with E-state index in [1.807, 2.05) is 30.3 Å². The summed E-state index contributed by atoms with van der Waals surface area (Å²) in [4.78, 5) is 25.8. The smallest absolute Gasteiger partial charge is 0.325 e. The lowest BCUT2D eigenvalue weighted by Crippen LogP contribution is -2.51. The van der Waals surface area contributed by atoms with Crippen molar-refractivity contribution in [1.82, 2.24) is 14.5 Å². The minimum Gasteiger partial charge on any atom is -0.369 e. The van der Waals surface area contributed by atoms with Gasteiger partial charge in [-0.15, -0.1) is 0 Å². The van der Waals surface area contributed by atoms with Crippen LogP contribution in [0.5, 0.6) is 0 Å². The summed E-state index contributed by atoms with van der Waals surface area (Å²) in [5.41, 5.74) is 1.06. The van der Waals surface area contributed by atoms with Crippen LogP contribution in [-0.4, -0.2) is 68.2 Å².